The van der Waals surface area contributed by atoms with E-state index in [1.165, 1.54) is 0 Å². The molecule has 0 spiro atoms. The van der Waals surface area contributed by atoms with Crippen molar-refractivity contribution < 1.29 is 13.6 Å². The van der Waals surface area contributed by atoms with Crippen molar-refractivity contribution in [1.82, 2.24) is 0 Å². The number of hydrogen-bond acceptors (Lipinski definition) is 3. The minimum absolute atomic E-state index is 0.145. The highest BCUT2D eigenvalue weighted by atomic mass is 79.9. The van der Waals surface area contributed by atoms with Crippen LogP contribution in [-0.2, 0) is 13.6 Å². The van der Waals surface area contributed by atoms with Gasteiger partial charge in [0.25, 0.3) is 0 Å². The lowest BCUT2D eigenvalue weighted by Crippen LogP contribution is -2.00. The number of rotatable bonds is 7. The molecular weight excluding hydrogens is 302 g/mol. The van der Waals surface area contributed by atoms with Crippen molar-refractivity contribution >= 4 is 46.7 Å². The highest BCUT2D eigenvalue weighted by molar-refractivity contribution is 9.13. The summed E-state index contributed by atoms with van der Waals surface area (Å²) in [6, 6.07) is 0. The first-order chi connectivity index (χ1) is 6.06. The predicted octanol–water partition coefficient (Wildman–Crippen LogP) is 3.56. The summed E-state index contributed by atoms with van der Waals surface area (Å²) >= 11 is 13.7. The molecule has 0 bridgehead atoms. The maximum Gasteiger partial charge on any atom is 0.367 e. The molecule has 0 aromatic carbocycles. The van der Waals surface area contributed by atoms with Crippen LogP contribution >= 0.6 is 46.7 Å². The van der Waals surface area contributed by atoms with Crippen LogP contribution < -0.4 is 0 Å². The largest absolute Gasteiger partial charge is 0.367 e. The summed E-state index contributed by atoms with van der Waals surface area (Å²) in [7, 11) is -3.27. The molecule has 0 aliphatic carbocycles. The first-order valence-electron chi connectivity index (χ1n) is 3.43. The van der Waals surface area contributed by atoms with Gasteiger partial charge in [-0.1, -0.05) is 6.58 Å². The summed E-state index contributed by atoms with van der Waals surface area (Å²) in [4.78, 5) is 0. The average molecular weight is 312 g/mol. The molecule has 0 fully saturated rings. The molecule has 0 rings (SSSR count). The Morgan fingerprint density at radius 2 is 1.69 bits per heavy atom. The molecule has 0 N–H and O–H groups in total. The second kappa shape index (κ2) is 7.27. The normalized spacial score (nSPS) is 11.6. The summed E-state index contributed by atoms with van der Waals surface area (Å²) in [5.41, 5.74) is 0. The number of hydrogen-bond donors (Lipinski definition) is 0. The Balaban J connectivity index is 4.18. The van der Waals surface area contributed by atoms with Crippen LogP contribution in [0.2, 0.25) is 0 Å². The average Bonchev–Trinajstić information content (AvgIpc) is 2.11. The number of alkyl halides is 2. The third kappa shape index (κ3) is 5.40. The van der Waals surface area contributed by atoms with Gasteiger partial charge in [-0.3, -0.25) is 4.57 Å². The van der Waals surface area contributed by atoms with Crippen molar-refractivity contribution in [2.75, 3.05) is 25.0 Å². The molecule has 0 aliphatic rings. The van der Waals surface area contributed by atoms with Gasteiger partial charge in [-0.2, -0.15) is 0 Å². The molecular formula is C6H10BrCl2O3P. The topological polar surface area (TPSA) is 35.5 Å². The zero-order valence-electron chi connectivity index (χ0n) is 6.84. The summed E-state index contributed by atoms with van der Waals surface area (Å²) in [6.07, 6.45) is 0. The maximum absolute atomic E-state index is 11.7. The lowest BCUT2D eigenvalue weighted by atomic mass is 10.9. The van der Waals surface area contributed by atoms with E-state index in [0.29, 0.717) is 0 Å². The molecule has 0 unspecified atom stereocenters. The van der Waals surface area contributed by atoms with E-state index in [9.17, 15) is 4.57 Å². The Kier molecular flexibility index (Phi) is 7.80. The second-order valence-corrected chi connectivity index (χ2v) is 6.30. The van der Waals surface area contributed by atoms with Crippen LogP contribution in [-0.4, -0.2) is 25.0 Å². The predicted molar refractivity (Wildman–Crippen MR) is 59.0 cm³/mol. The van der Waals surface area contributed by atoms with E-state index in [1.807, 2.05) is 0 Å². The van der Waals surface area contributed by atoms with Gasteiger partial charge < -0.3 is 9.05 Å². The molecule has 13 heavy (non-hydrogen) atoms. The zero-order chi connectivity index (χ0) is 10.3. The van der Waals surface area contributed by atoms with Gasteiger partial charge in [-0.05, 0) is 15.9 Å². The van der Waals surface area contributed by atoms with E-state index in [-0.39, 0.29) is 29.2 Å². The van der Waals surface area contributed by atoms with Crippen LogP contribution in [0, 0.1) is 0 Å². The van der Waals surface area contributed by atoms with Crippen molar-refractivity contribution in [1.29, 1.82) is 0 Å². The molecule has 0 saturated carbocycles. The zero-order valence-corrected chi connectivity index (χ0v) is 10.8. The number of halogens is 3. The molecule has 0 aromatic heterocycles. The van der Waals surface area contributed by atoms with E-state index in [4.69, 9.17) is 32.2 Å². The molecule has 0 aliphatic heterocycles. The molecule has 78 valence electrons. The Morgan fingerprint density at radius 1 is 1.31 bits per heavy atom. The Hall–Kier alpha value is 0.950. The van der Waals surface area contributed by atoms with Crippen molar-refractivity contribution in [3.05, 3.63) is 10.8 Å². The minimum atomic E-state index is -3.27. The SMILES string of the molecule is C=C(Br)P(=O)(OCCCl)OCCCl. The third-order valence-corrected chi connectivity index (χ3v) is 4.22. The quantitative estimate of drug-likeness (QED) is 0.533. The van der Waals surface area contributed by atoms with E-state index >= 15 is 0 Å². The molecule has 0 aromatic rings. The highest BCUT2D eigenvalue weighted by Gasteiger charge is 2.26. The molecule has 0 amide bonds. The second-order valence-electron chi connectivity index (χ2n) is 1.92. The van der Waals surface area contributed by atoms with Gasteiger partial charge in [0.15, 0.2) is 0 Å². The van der Waals surface area contributed by atoms with Gasteiger partial charge in [0.1, 0.15) is 0 Å². The molecule has 3 nitrogen and oxygen atoms in total. The first-order valence-corrected chi connectivity index (χ1v) is 6.83. The van der Waals surface area contributed by atoms with Crippen LogP contribution in [0.5, 0.6) is 0 Å². The first kappa shape index (κ1) is 13.9. The maximum atomic E-state index is 11.7. The van der Waals surface area contributed by atoms with Crippen molar-refractivity contribution in [3.8, 4) is 0 Å². The molecule has 0 radical (unpaired) electrons. The van der Waals surface area contributed by atoms with Crippen LogP contribution in [0.3, 0.4) is 0 Å². The molecule has 0 heterocycles. The lowest BCUT2D eigenvalue weighted by Gasteiger charge is -2.15. The summed E-state index contributed by atoms with van der Waals surface area (Å²) in [6.45, 7) is 3.74. The Labute approximate surface area is 96.0 Å². The smallest absolute Gasteiger partial charge is 0.304 e. The van der Waals surface area contributed by atoms with Crippen LogP contribution in [0.1, 0.15) is 0 Å². The summed E-state index contributed by atoms with van der Waals surface area (Å²) in [5, 5.41) is 0. The fourth-order valence-corrected chi connectivity index (χ4v) is 2.49. The van der Waals surface area contributed by atoms with E-state index in [2.05, 4.69) is 22.5 Å². The van der Waals surface area contributed by atoms with Crippen LogP contribution in [0.4, 0.5) is 0 Å². The monoisotopic (exact) mass is 310 g/mol. The van der Waals surface area contributed by atoms with Gasteiger partial charge in [0.2, 0.25) is 0 Å². The third-order valence-electron chi connectivity index (χ3n) is 0.974. The van der Waals surface area contributed by atoms with Gasteiger partial charge >= 0.3 is 7.60 Å². The van der Waals surface area contributed by atoms with E-state index in [0.717, 1.165) is 0 Å². The van der Waals surface area contributed by atoms with E-state index in [1.54, 1.807) is 0 Å². The van der Waals surface area contributed by atoms with Crippen molar-refractivity contribution in [3.63, 3.8) is 0 Å². The van der Waals surface area contributed by atoms with Crippen LogP contribution in [0.15, 0.2) is 10.8 Å². The van der Waals surface area contributed by atoms with E-state index < -0.39 is 7.60 Å². The Morgan fingerprint density at radius 3 is 1.92 bits per heavy atom. The Bertz CT molecular complexity index is 200. The highest BCUT2D eigenvalue weighted by Crippen LogP contribution is 2.57. The van der Waals surface area contributed by atoms with Crippen molar-refractivity contribution in [2.45, 2.75) is 0 Å². The molecule has 7 heteroatoms. The van der Waals surface area contributed by atoms with Gasteiger partial charge in [-0.15, -0.1) is 23.2 Å². The molecule has 0 atom stereocenters. The van der Waals surface area contributed by atoms with Gasteiger partial charge in [0, 0.05) is 11.8 Å². The van der Waals surface area contributed by atoms with Crippen LogP contribution in [0.25, 0.3) is 0 Å². The lowest BCUT2D eigenvalue weighted by molar-refractivity contribution is 0.230. The fraction of sp³-hybridized carbons (Fsp3) is 0.667. The fourth-order valence-electron chi connectivity index (χ4n) is 0.487. The summed E-state index contributed by atoms with van der Waals surface area (Å²) in [5.74, 6) is 0.489. The summed E-state index contributed by atoms with van der Waals surface area (Å²) < 4.78 is 21.8. The molecule has 0 saturated heterocycles. The minimum Gasteiger partial charge on any atom is -0.304 e. The van der Waals surface area contributed by atoms with Gasteiger partial charge in [-0.25, -0.2) is 0 Å². The van der Waals surface area contributed by atoms with Crippen molar-refractivity contribution in [2.24, 2.45) is 0 Å². The standard InChI is InChI=1S/C6H10BrCl2O3P/c1-6(7)13(10,11-4-2-8)12-5-3-9/h1-5H2. The van der Waals surface area contributed by atoms with Gasteiger partial charge in [0.05, 0.1) is 17.4 Å².